The summed E-state index contributed by atoms with van der Waals surface area (Å²) >= 11 is 0. The number of carbonyl (C=O) groups is 3. The molecule has 0 heterocycles. The normalized spacial score (nSPS) is 8.59. The van der Waals surface area contributed by atoms with Gasteiger partial charge in [-0.15, -0.1) is 0 Å². The molecule has 0 atom stereocenters. The van der Waals surface area contributed by atoms with Gasteiger partial charge in [0.15, 0.2) is 0 Å². The number of hydrogen-bond donors (Lipinski definition) is 2. The van der Waals surface area contributed by atoms with Crippen LogP contribution in [0.3, 0.4) is 0 Å². The minimum Gasteiger partial charge on any atom is -0.370 e. The highest BCUT2D eigenvalue weighted by molar-refractivity contribution is 8.76. The third kappa shape index (κ3) is 27.7. The van der Waals surface area contributed by atoms with E-state index in [-0.39, 0.29) is 17.5 Å². The molecule has 0 aliphatic carbocycles. The lowest BCUT2D eigenvalue weighted by Gasteiger charge is -2.03. The Morgan fingerprint density at radius 1 is 1.00 bits per heavy atom. The van der Waals surface area contributed by atoms with Crippen molar-refractivity contribution in [1.29, 1.82) is 0 Å². The minimum atomic E-state index is -0.293. The molecular formula is C14H30BN2O3S2. The van der Waals surface area contributed by atoms with Crippen LogP contribution in [0.15, 0.2) is 0 Å². The first-order valence-corrected chi connectivity index (χ1v) is 10.1. The highest BCUT2D eigenvalue weighted by Crippen LogP contribution is 2.20. The van der Waals surface area contributed by atoms with Crippen molar-refractivity contribution in [3.63, 3.8) is 0 Å². The van der Waals surface area contributed by atoms with Gasteiger partial charge in [-0.25, -0.2) is 0 Å². The molecule has 2 amide bonds. The van der Waals surface area contributed by atoms with E-state index in [1.165, 1.54) is 14.2 Å². The highest BCUT2D eigenvalue weighted by Gasteiger charge is 2.03. The van der Waals surface area contributed by atoms with Crippen LogP contribution in [0.25, 0.3) is 0 Å². The molecule has 0 aromatic heterocycles. The van der Waals surface area contributed by atoms with Crippen LogP contribution in [0.4, 0.5) is 0 Å². The van der Waals surface area contributed by atoms with Crippen LogP contribution in [0.5, 0.6) is 0 Å². The van der Waals surface area contributed by atoms with Gasteiger partial charge in [-0.2, -0.15) is 0 Å². The summed E-state index contributed by atoms with van der Waals surface area (Å²) in [6, 6.07) is 0. The standard InChI is InChI=1S/C10H18BN2O3S2.2C2H6/c1-8(14)11-4-2-10(16)13-5-7-18-17-6-3-9(12)15;2*1-2/h2-7H2,1H3,(H2,12,15)(H,13,16);2*1-2H3. The van der Waals surface area contributed by atoms with E-state index in [0.29, 0.717) is 31.5 Å². The predicted octanol–water partition coefficient (Wildman–Crippen LogP) is 2.47. The summed E-state index contributed by atoms with van der Waals surface area (Å²) < 4.78 is 0. The largest absolute Gasteiger partial charge is 0.370 e. The summed E-state index contributed by atoms with van der Waals surface area (Å²) in [6.07, 6.45) is 1.21. The van der Waals surface area contributed by atoms with Gasteiger partial charge in [0, 0.05) is 30.9 Å². The Balaban J connectivity index is -0.000000826. The van der Waals surface area contributed by atoms with E-state index in [4.69, 9.17) is 5.73 Å². The second-order valence-electron chi connectivity index (χ2n) is 3.56. The second-order valence-corrected chi connectivity index (χ2v) is 6.27. The Kier molecular flexibility index (Phi) is 27.1. The fraction of sp³-hybridized carbons (Fsp3) is 0.786. The van der Waals surface area contributed by atoms with Gasteiger partial charge in [0.1, 0.15) is 0 Å². The maximum Gasteiger partial charge on any atom is 0.219 e. The van der Waals surface area contributed by atoms with Crippen LogP contribution in [0.2, 0.25) is 6.32 Å². The Morgan fingerprint density at radius 3 is 2.05 bits per heavy atom. The quantitative estimate of drug-likeness (QED) is 0.340. The maximum atomic E-state index is 11.3. The topological polar surface area (TPSA) is 89.3 Å². The molecule has 0 spiro atoms. The van der Waals surface area contributed by atoms with Gasteiger partial charge in [-0.3, -0.25) is 9.59 Å². The summed E-state index contributed by atoms with van der Waals surface area (Å²) in [4.78, 5) is 32.3. The molecule has 0 saturated heterocycles. The van der Waals surface area contributed by atoms with Crippen molar-refractivity contribution in [3.05, 3.63) is 0 Å². The third-order valence-electron chi connectivity index (χ3n) is 1.83. The lowest BCUT2D eigenvalue weighted by Crippen LogP contribution is -2.25. The fourth-order valence-electron chi connectivity index (χ4n) is 0.987. The van der Waals surface area contributed by atoms with Crippen LogP contribution in [-0.2, 0) is 14.4 Å². The van der Waals surface area contributed by atoms with Crippen molar-refractivity contribution in [1.82, 2.24) is 5.32 Å². The molecule has 1 radical (unpaired) electrons. The molecule has 0 rings (SSSR count). The van der Waals surface area contributed by atoms with Crippen LogP contribution in [-0.4, -0.2) is 42.8 Å². The van der Waals surface area contributed by atoms with Crippen LogP contribution in [0, 0.1) is 0 Å². The average molecular weight is 349 g/mol. The summed E-state index contributed by atoms with van der Waals surface area (Å²) in [5.41, 5.74) is 4.99. The SMILES string of the molecule is CC.CC.CC(=O)[B]CCC(=O)NCCSSCCC(N)=O. The molecule has 0 unspecified atom stereocenters. The minimum absolute atomic E-state index is 0.00999. The van der Waals surface area contributed by atoms with Gasteiger partial charge in [0.05, 0.1) is 5.68 Å². The van der Waals surface area contributed by atoms with E-state index in [9.17, 15) is 14.4 Å². The van der Waals surface area contributed by atoms with Gasteiger partial charge in [0.2, 0.25) is 19.1 Å². The van der Waals surface area contributed by atoms with E-state index in [0.717, 1.165) is 5.75 Å². The monoisotopic (exact) mass is 349 g/mol. The van der Waals surface area contributed by atoms with Crippen molar-refractivity contribution in [2.75, 3.05) is 18.1 Å². The van der Waals surface area contributed by atoms with Crippen molar-refractivity contribution in [2.45, 2.75) is 53.8 Å². The van der Waals surface area contributed by atoms with Gasteiger partial charge in [0.25, 0.3) is 0 Å². The lowest BCUT2D eigenvalue weighted by molar-refractivity contribution is -0.120. The number of nitrogens with one attached hydrogen (secondary N) is 1. The second kappa shape index (κ2) is 22.7. The first-order valence-electron chi connectivity index (χ1n) is 7.65. The Labute approximate surface area is 144 Å². The number of carbonyl (C=O) groups excluding carboxylic acids is 3. The van der Waals surface area contributed by atoms with Crippen molar-refractivity contribution in [2.24, 2.45) is 5.73 Å². The van der Waals surface area contributed by atoms with Crippen LogP contribution >= 0.6 is 21.6 Å². The van der Waals surface area contributed by atoms with E-state index in [1.807, 2.05) is 27.7 Å². The summed E-state index contributed by atoms with van der Waals surface area (Å²) in [6.45, 7) is 10.1. The van der Waals surface area contributed by atoms with Gasteiger partial charge in [-0.1, -0.05) is 55.6 Å². The third-order valence-corrected chi connectivity index (χ3v) is 4.23. The smallest absolute Gasteiger partial charge is 0.219 e. The molecule has 129 valence electrons. The molecule has 0 fully saturated rings. The Hall–Kier alpha value is -0.625. The summed E-state index contributed by atoms with van der Waals surface area (Å²) in [5, 5.41) is 2.76. The zero-order valence-electron chi connectivity index (χ0n) is 14.4. The molecule has 8 heteroatoms. The zero-order valence-corrected chi connectivity index (χ0v) is 16.1. The van der Waals surface area contributed by atoms with E-state index < -0.39 is 0 Å². The number of primary amides is 1. The van der Waals surface area contributed by atoms with Gasteiger partial charge < -0.3 is 15.8 Å². The van der Waals surface area contributed by atoms with Gasteiger partial charge in [-0.05, 0) is 6.92 Å². The highest BCUT2D eigenvalue weighted by atomic mass is 33.1. The number of hydrogen-bond acceptors (Lipinski definition) is 5. The average Bonchev–Trinajstić information content (AvgIpc) is 2.49. The summed E-state index contributed by atoms with van der Waals surface area (Å²) in [5.74, 6) is 1.14. The Bertz CT molecular complexity index is 293. The van der Waals surface area contributed by atoms with Crippen molar-refractivity contribution in [3.8, 4) is 0 Å². The molecule has 0 saturated carbocycles. The number of rotatable bonds is 11. The molecule has 0 aliphatic heterocycles. The molecule has 22 heavy (non-hydrogen) atoms. The van der Waals surface area contributed by atoms with Crippen molar-refractivity contribution >= 4 is 46.4 Å². The fourth-order valence-corrected chi connectivity index (χ4v) is 2.90. The van der Waals surface area contributed by atoms with Gasteiger partial charge >= 0.3 is 0 Å². The Morgan fingerprint density at radius 2 is 1.55 bits per heavy atom. The van der Waals surface area contributed by atoms with E-state index in [1.54, 1.807) is 21.6 Å². The molecule has 0 aromatic rings. The molecule has 5 nitrogen and oxygen atoms in total. The maximum absolute atomic E-state index is 11.3. The van der Waals surface area contributed by atoms with E-state index >= 15 is 0 Å². The lowest BCUT2D eigenvalue weighted by atomic mass is 9.69. The first-order chi connectivity index (χ1) is 10.5. The summed E-state index contributed by atoms with van der Waals surface area (Å²) in [7, 11) is 4.67. The predicted molar refractivity (Wildman–Crippen MR) is 100 cm³/mol. The van der Waals surface area contributed by atoms with Crippen LogP contribution in [0.1, 0.15) is 47.5 Å². The molecule has 0 bridgehead atoms. The number of nitrogens with two attached hydrogens (primary N) is 1. The van der Waals surface area contributed by atoms with Crippen molar-refractivity contribution < 1.29 is 14.4 Å². The zero-order chi connectivity index (χ0) is 17.8. The van der Waals surface area contributed by atoms with E-state index in [2.05, 4.69) is 5.32 Å². The first kappa shape index (κ1) is 26.3. The van der Waals surface area contributed by atoms with Crippen LogP contribution < -0.4 is 11.1 Å². The molecular weight excluding hydrogens is 319 g/mol. The number of amides is 2. The molecule has 0 aliphatic rings. The molecule has 0 aromatic carbocycles. The molecule has 3 N–H and O–H groups in total.